The van der Waals surface area contributed by atoms with Crippen LogP contribution in [0.3, 0.4) is 0 Å². The number of anilines is 1. The number of fused-ring (bicyclic) bond motifs is 1. The van der Waals surface area contributed by atoms with Crippen LogP contribution in [0.4, 0.5) is 14.6 Å². The Morgan fingerprint density at radius 3 is 2.54 bits per heavy atom. The minimum Gasteiger partial charge on any atom is -0.356 e. The van der Waals surface area contributed by atoms with E-state index in [9.17, 15) is 8.78 Å². The summed E-state index contributed by atoms with van der Waals surface area (Å²) >= 11 is 0. The highest BCUT2D eigenvalue weighted by molar-refractivity contribution is 5.89. The Kier molecular flexibility index (Phi) is 4.71. The van der Waals surface area contributed by atoms with E-state index < -0.39 is 11.6 Å². The average Bonchev–Trinajstić information content (AvgIpc) is 2.68. The summed E-state index contributed by atoms with van der Waals surface area (Å²) < 4.78 is 27.1. The first-order valence-corrected chi connectivity index (χ1v) is 8.68. The smallest absolute Gasteiger partial charge is 0.161 e. The van der Waals surface area contributed by atoms with E-state index in [0.717, 1.165) is 38.5 Å². The molecule has 3 heterocycles. The van der Waals surface area contributed by atoms with Crippen molar-refractivity contribution in [3.8, 4) is 0 Å². The van der Waals surface area contributed by atoms with Crippen molar-refractivity contribution < 1.29 is 8.78 Å². The van der Waals surface area contributed by atoms with Gasteiger partial charge in [-0.15, -0.1) is 0 Å². The molecule has 1 N–H and O–H groups in total. The maximum Gasteiger partial charge on any atom is 0.161 e. The Labute approximate surface area is 150 Å². The van der Waals surface area contributed by atoms with Crippen molar-refractivity contribution in [1.82, 2.24) is 20.3 Å². The molecule has 0 saturated carbocycles. The van der Waals surface area contributed by atoms with Crippen LogP contribution in [0, 0.1) is 11.6 Å². The minimum atomic E-state index is -0.888. The lowest BCUT2D eigenvalue weighted by Gasteiger charge is -2.33. The Balaban J connectivity index is 1.43. The molecule has 26 heavy (non-hydrogen) atoms. The summed E-state index contributed by atoms with van der Waals surface area (Å²) in [4.78, 5) is 14.5. The number of pyridine rings is 1. The van der Waals surface area contributed by atoms with Gasteiger partial charge in [-0.05, 0) is 36.6 Å². The topological polar surface area (TPSA) is 53.9 Å². The van der Waals surface area contributed by atoms with Gasteiger partial charge in [0, 0.05) is 49.5 Å². The molecule has 0 unspecified atom stereocenters. The number of benzene rings is 1. The van der Waals surface area contributed by atoms with Gasteiger partial charge in [-0.2, -0.15) is 0 Å². The molecule has 1 fully saturated rings. The van der Waals surface area contributed by atoms with Gasteiger partial charge in [0.2, 0.25) is 0 Å². The normalized spacial score (nSPS) is 15.5. The molecule has 0 atom stereocenters. The zero-order valence-electron chi connectivity index (χ0n) is 14.2. The largest absolute Gasteiger partial charge is 0.356 e. The highest BCUT2D eigenvalue weighted by Gasteiger charge is 2.22. The van der Waals surface area contributed by atoms with Crippen molar-refractivity contribution in [2.45, 2.75) is 25.4 Å². The lowest BCUT2D eigenvalue weighted by molar-refractivity contribution is 0.413. The second kappa shape index (κ2) is 7.29. The van der Waals surface area contributed by atoms with Gasteiger partial charge in [0.1, 0.15) is 12.1 Å². The monoisotopic (exact) mass is 355 g/mol. The van der Waals surface area contributed by atoms with Crippen molar-refractivity contribution in [3.63, 3.8) is 0 Å². The van der Waals surface area contributed by atoms with Crippen LogP contribution in [-0.2, 0) is 6.54 Å². The van der Waals surface area contributed by atoms with Crippen LogP contribution in [0.25, 0.3) is 10.9 Å². The van der Waals surface area contributed by atoms with Crippen molar-refractivity contribution in [1.29, 1.82) is 0 Å². The van der Waals surface area contributed by atoms with Crippen LogP contribution in [0.2, 0.25) is 0 Å². The second-order valence-electron chi connectivity index (χ2n) is 6.48. The van der Waals surface area contributed by atoms with Crippen molar-refractivity contribution in [2.24, 2.45) is 0 Å². The molecule has 0 amide bonds. The van der Waals surface area contributed by atoms with Gasteiger partial charge < -0.3 is 10.2 Å². The number of hydrogen-bond donors (Lipinski definition) is 1. The van der Waals surface area contributed by atoms with E-state index in [1.807, 2.05) is 12.1 Å². The maximum absolute atomic E-state index is 13.7. The molecule has 5 nitrogen and oxygen atoms in total. The molecule has 1 saturated heterocycles. The summed E-state index contributed by atoms with van der Waals surface area (Å²) in [6, 6.07) is 6.74. The molecule has 3 aromatic rings. The third kappa shape index (κ3) is 3.48. The molecule has 1 aliphatic heterocycles. The lowest BCUT2D eigenvalue weighted by Crippen LogP contribution is -2.42. The summed E-state index contributed by atoms with van der Waals surface area (Å²) in [6.07, 6.45) is 6.91. The van der Waals surface area contributed by atoms with Crippen LogP contribution in [0.1, 0.15) is 18.4 Å². The third-order valence-electron chi connectivity index (χ3n) is 4.80. The number of nitrogens with one attached hydrogen (secondary N) is 1. The summed E-state index contributed by atoms with van der Waals surface area (Å²) in [6.45, 7) is 2.42. The van der Waals surface area contributed by atoms with Crippen LogP contribution in [0.15, 0.2) is 43.0 Å². The van der Waals surface area contributed by atoms with E-state index in [4.69, 9.17) is 0 Å². The van der Waals surface area contributed by atoms with Crippen molar-refractivity contribution in [3.05, 3.63) is 60.2 Å². The Bertz CT molecular complexity index is 895. The van der Waals surface area contributed by atoms with Gasteiger partial charge in [-0.3, -0.25) is 4.98 Å². The molecule has 4 rings (SSSR count). The summed E-state index contributed by atoms with van der Waals surface area (Å²) in [5.74, 6) is -1.09. The van der Waals surface area contributed by atoms with Crippen LogP contribution >= 0.6 is 0 Å². The number of rotatable bonds is 4. The van der Waals surface area contributed by atoms with E-state index in [1.54, 1.807) is 12.4 Å². The first kappa shape index (κ1) is 16.8. The summed E-state index contributed by atoms with van der Waals surface area (Å²) in [5.41, 5.74) is 1.63. The molecule has 0 aliphatic carbocycles. The van der Waals surface area contributed by atoms with Gasteiger partial charge >= 0.3 is 0 Å². The molecular weight excluding hydrogens is 336 g/mol. The SMILES string of the molecule is Fc1cc2ncnc(N3CCC(NCc4ccncc4)CC3)c2cc1F. The molecule has 0 spiro atoms. The number of hydrogen-bond acceptors (Lipinski definition) is 5. The Morgan fingerprint density at radius 1 is 1.04 bits per heavy atom. The fourth-order valence-electron chi connectivity index (χ4n) is 3.35. The van der Waals surface area contributed by atoms with Gasteiger partial charge in [-0.25, -0.2) is 18.7 Å². The van der Waals surface area contributed by atoms with E-state index in [0.29, 0.717) is 22.8 Å². The fraction of sp³-hybridized carbons (Fsp3) is 0.316. The molecule has 1 aromatic carbocycles. The predicted molar refractivity (Wildman–Crippen MR) is 95.8 cm³/mol. The zero-order valence-corrected chi connectivity index (χ0v) is 14.2. The van der Waals surface area contributed by atoms with Crippen molar-refractivity contribution >= 4 is 16.7 Å². The fourth-order valence-corrected chi connectivity index (χ4v) is 3.35. The number of aromatic nitrogens is 3. The number of nitrogens with zero attached hydrogens (tertiary/aromatic N) is 4. The molecule has 0 bridgehead atoms. The Hall–Kier alpha value is -2.67. The lowest BCUT2D eigenvalue weighted by atomic mass is 10.0. The van der Waals surface area contributed by atoms with E-state index >= 15 is 0 Å². The van der Waals surface area contributed by atoms with Gasteiger partial charge in [-0.1, -0.05) is 0 Å². The number of halogens is 2. The zero-order chi connectivity index (χ0) is 17.9. The van der Waals surface area contributed by atoms with Crippen LogP contribution in [0.5, 0.6) is 0 Å². The highest BCUT2D eigenvalue weighted by atomic mass is 19.2. The summed E-state index contributed by atoms with van der Waals surface area (Å²) in [7, 11) is 0. The van der Waals surface area contributed by atoms with Gasteiger partial charge in [0.05, 0.1) is 5.52 Å². The Morgan fingerprint density at radius 2 is 1.77 bits per heavy atom. The quantitative estimate of drug-likeness (QED) is 0.780. The molecule has 7 heteroatoms. The maximum atomic E-state index is 13.7. The first-order valence-electron chi connectivity index (χ1n) is 8.68. The minimum absolute atomic E-state index is 0.418. The van der Waals surface area contributed by atoms with Crippen molar-refractivity contribution in [2.75, 3.05) is 18.0 Å². The molecule has 2 aromatic heterocycles. The van der Waals surface area contributed by atoms with Gasteiger partial charge in [0.25, 0.3) is 0 Å². The third-order valence-corrected chi connectivity index (χ3v) is 4.80. The number of piperidine rings is 1. The molecule has 134 valence electrons. The van der Waals surface area contributed by atoms with Gasteiger partial charge in [0.15, 0.2) is 11.6 Å². The summed E-state index contributed by atoms with van der Waals surface area (Å²) in [5, 5.41) is 4.12. The van der Waals surface area contributed by atoms with E-state index in [1.165, 1.54) is 18.0 Å². The predicted octanol–water partition coefficient (Wildman–Crippen LogP) is 3.06. The second-order valence-corrected chi connectivity index (χ2v) is 6.48. The highest BCUT2D eigenvalue weighted by Crippen LogP contribution is 2.27. The molecular formula is C19H19F2N5. The van der Waals surface area contributed by atoms with Crippen LogP contribution in [-0.4, -0.2) is 34.1 Å². The molecule has 0 radical (unpaired) electrons. The van der Waals surface area contributed by atoms with E-state index in [2.05, 4.69) is 25.2 Å². The average molecular weight is 355 g/mol. The molecule has 1 aliphatic rings. The first-order chi connectivity index (χ1) is 12.7. The van der Waals surface area contributed by atoms with Crippen LogP contribution < -0.4 is 10.2 Å². The standard InChI is InChI=1S/C19H19F2N5/c20-16-9-15-18(10-17(16)21)24-12-25-19(15)26-7-3-14(4-8-26)23-11-13-1-5-22-6-2-13/h1-2,5-6,9-10,12,14,23H,3-4,7-8,11H2. The van der Waals surface area contributed by atoms with E-state index in [-0.39, 0.29) is 0 Å².